The molecule has 1 heterocycles. The predicted molar refractivity (Wildman–Crippen MR) is 50.3 cm³/mol. The fourth-order valence-corrected chi connectivity index (χ4v) is 2.88. The number of aliphatic hydroxyl groups is 1. The molecule has 2 fully saturated rings. The molecule has 0 aromatic heterocycles. The topological polar surface area (TPSA) is 55.5 Å². The summed E-state index contributed by atoms with van der Waals surface area (Å²) < 4.78 is 5.29. The van der Waals surface area contributed by atoms with Gasteiger partial charge in [-0.1, -0.05) is 12.8 Å². The lowest BCUT2D eigenvalue weighted by Crippen LogP contribution is -2.51. The van der Waals surface area contributed by atoms with E-state index in [4.69, 9.17) is 10.5 Å². The Bertz CT molecular complexity index is 181. The first-order valence-corrected chi connectivity index (χ1v) is 5.23. The standard InChI is InChI=1S/C10H19NO2/c11-7-9(3-1-2-4-9)10(12)5-6-13-8-10/h12H,1-8,11H2. The third-order valence-corrected chi connectivity index (χ3v) is 3.94. The van der Waals surface area contributed by atoms with Gasteiger partial charge in [0, 0.05) is 25.0 Å². The van der Waals surface area contributed by atoms with Crippen LogP contribution in [0, 0.1) is 5.41 Å². The summed E-state index contributed by atoms with van der Waals surface area (Å²) in [5.41, 5.74) is 5.15. The van der Waals surface area contributed by atoms with E-state index in [0.717, 1.165) is 19.3 Å². The van der Waals surface area contributed by atoms with Gasteiger partial charge in [0.05, 0.1) is 12.2 Å². The lowest BCUT2D eigenvalue weighted by Gasteiger charge is -2.41. The van der Waals surface area contributed by atoms with Crippen molar-refractivity contribution in [2.24, 2.45) is 11.1 Å². The van der Waals surface area contributed by atoms with Gasteiger partial charge < -0.3 is 15.6 Å². The van der Waals surface area contributed by atoms with Crippen LogP contribution in [-0.2, 0) is 4.74 Å². The molecular formula is C10H19NO2. The molecule has 1 aliphatic carbocycles. The summed E-state index contributed by atoms with van der Waals surface area (Å²) in [6.07, 6.45) is 5.33. The lowest BCUT2D eigenvalue weighted by atomic mass is 9.70. The van der Waals surface area contributed by atoms with E-state index in [1.165, 1.54) is 12.8 Å². The van der Waals surface area contributed by atoms with Gasteiger partial charge in [0.2, 0.25) is 0 Å². The number of ether oxygens (including phenoxy) is 1. The summed E-state index contributed by atoms with van der Waals surface area (Å²) in [7, 11) is 0. The number of nitrogens with two attached hydrogens (primary N) is 1. The van der Waals surface area contributed by atoms with E-state index < -0.39 is 5.60 Å². The fourth-order valence-electron chi connectivity index (χ4n) is 2.88. The maximum atomic E-state index is 10.4. The normalized spacial score (nSPS) is 38.3. The molecule has 0 aromatic carbocycles. The minimum Gasteiger partial charge on any atom is -0.387 e. The van der Waals surface area contributed by atoms with E-state index in [0.29, 0.717) is 19.8 Å². The molecule has 0 aromatic rings. The van der Waals surface area contributed by atoms with Gasteiger partial charge >= 0.3 is 0 Å². The van der Waals surface area contributed by atoms with Gasteiger partial charge in [-0.2, -0.15) is 0 Å². The summed E-state index contributed by atoms with van der Waals surface area (Å²) in [5.74, 6) is 0. The maximum absolute atomic E-state index is 10.4. The van der Waals surface area contributed by atoms with Gasteiger partial charge in [-0.05, 0) is 12.8 Å². The van der Waals surface area contributed by atoms with E-state index in [-0.39, 0.29) is 5.41 Å². The van der Waals surface area contributed by atoms with Gasteiger partial charge in [0.1, 0.15) is 0 Å². The summed E-state index contributed by atoms with van der Waals surface area (Å²) in [5, 5.41) is 10.4. The molecule has 0 amide bonds. The molecule has 3 heteroatoms. The van der Waals surface area contributed by atoms with E-state index in [1.54, 1.807) is 0 Å². The van der Waals surface area contributed by atoms with Gasteiger partial charge in [0.25, 0.3) is 0 Å². The van der Waals surface area contributed by atoms with Crippen LogP contribution in [0.4, 0.5) is 0 Å². The first kappa shape index (κ1) is 9.44. The average molecular weight is 185 g/mol. The second-order valence-corrected chi connectivity index (χ2v) is 4.53. The van der Waals surface area contributed by atoms with Crippen molar-refractivity contribution in [3.8, 4) is 0 Å². The molecule has 3 nitrogen and oxygen atoms in total. The van der Waals surface area contributed by atoms with E-state index in [1.807, 2.05) is 0 Å². The zero-order chi connectivity index (χ0) is 9.36. The highest BCUT2D eigenvalue weighted by Gasteiger charge is 2.52. The molecule has 76 valence electrons. The highest BCUT2D eigenvalue weighted by atomic mass is 16.5. The molecule has 1 aliphatic heterocycles. The molecule has 2 rings (SSSR count). The SMILES string of the molecule is NCC1(C2(O)CCOC2)CCCC1. The predicted octanol–water partition coefficient (Wildman–Crippen LogP) is 0.657. The smallest absolute Gasteiger partial charge is 0.0969 e. The molecule has 1 saturated heterocycles. The van der Waals surface area contributed by atoms with Crippen LogP contribution in [0.1, 0.15) is 32.1 Å². The molecule has 3 N–H and O–H groups in total. The van der Waals surface area contributed by atoms with Crippen molar-refractivity contribution in [1.82, 2.24) is 0 Å². The van der Waals surface area contributed by atoms with Gasteiger partial charge in [-0.3, -0.25) is 0 Å². The Morgan fingerprint density at radius 3 is 2.38 bits per heavy atom. The summed E-state index contributed by atoms with van der Waals surface area (Å²) in [4.78, 5) is 0. The van der Waals surface area contributed by atoms with E-state index >= 15 is 0 Å². The largest absolute Gasteiger partial charge is 0.387 e. The minimum atomic E-state index is -0.627. The highest BCUT2D eigenvalue weighted by Crippen LogP contribution is 2.48. The Kier molecular flexibility index (Phi) is 2.34. The number of hydrogen-bond acceptors (Lipinski definition) is 3. The Labute approximate surface area is 79.3 Å². The number of hydrogen-bond donors (Lipinski definition) is 2. The lowest BCUT2D eigenvalue weighted by molar-refractivity contribution is -0.0799. The van der Waals surface area contributed by atoms with Crippen LogP contribution in [0.5, 0.6) is 0 Å². The van der Waals surface area contributed by atoms with Crippen LogP contribution in [0.3, 0.4) is 0 Å². The van der Waals surface area contributed by atoms with Crippen LogP contribution in [0.2, 0.25) is 0 Å². The Morgan fingerprint density at radius 1 is 1.23 bits per heavy atom. The van der Waals surface area contributed by atoms with Crippen molar-refractivity contribution >= 4 is 0 Å². The molecule has 0 bridgehead atoms. The molecule has 0 radical (unpaired) electrons. The van der Waals surface area contributed by atoms with Crippen LogP contribution in [0.15, 0.2) is 0 Å². The Balaban J connectivity index is 2.18. The summed E-state index contributed by atoms with van der Waals surface area (Å²) in [6.45, 7) is 1.79. The molecular weight excluding hydrogens is 166 g/mol. The van der Waals surface area contributed by atoms with Crippen LogP contribution in [0.25, 0.3) is 0 Å². The van der Waals surface area contributed by atoms with Crippen molar-refractivity contribution < 1.29 is 9.84 Å². The quantitative estimate of drug-likeness (QED) is 0.664. The van der Waals surface area contributed by atoms with Crippen LogP contribution < -0.4 is 5.73 Å². The van der Waals surface area contributed by atoms with E-state index in [2.05, 4.69) is 0 Å². The first-order valence-electron chi connectivity index (χ1n) is 5.23. The van der Waals surface area contributed by atoms with E-state index in [9.17, 15) is 5.11 Å². The second kappa shape index (κ2) is 3.23. The molecule has 13 heavy (non-hydrogen) atoms. The van der Waals surface area contributed by atoms with Gasteiger partial charge in [0.15, 0.2) is 0 Å². The molecule has 1 unspecified atom stereocenters. The van der Waals surface area contributed by atoms with Crippen molar-refractivity contribution in [2.75, 3.05) is 19.8 Å². The zero-order valence-electron chi connectivity index (χ0n) is 8.09. The van der Waals surface area contributed by atoms with Crippen molar-refractivity contribution in [2.45, 2.75) is 37.7 Å². The van der Waals surface area contributed by atoms with Crippen molar-refractivity contribution in [3.05, 3.63) is 0 Å². The zero-order valence-corrected chi connectivity index (χ0v) is 8.09. The Hall–Kier alpha value is -0.120. The molecule has 2 aliphatic rings. The Morgan fingerprint density at radius 2 is 1.92 bits per heavy atom. The summed E-state index contributed by atoms with van der Waals surface area (Å²) >= 11 is 0. The number of rotatable bonds is 2. The summed E-state index contributed by atoms with van der Waals surface area (Å²) in [6, 6.07) is 0. The van der Waals surface area contributed by atoms with Gasteiger partial charge in [-0.25, -0.2) is 0 Å². The molecule has 1 atom stereocenters. The minimum absolute atomic E-state index is 0.0382. The highest BCUT2D eigenvalue weighted by molar-refractivity contribution is 5.03. The van der Waals surface area contributed by atoms with Crippen molar-refractivity contribution in [3.63, 3.8) is 0 Å². The average Bonchev–Trinajstić information content (AvgIpc) is 2.73. The van der Waals surface area contributed by atoms with Crippen molar-refractivity contribution in [1.29, 1.82) is 0 Å². The van der Waals surface area contributed by atoms with Gasteiger partial charge in [-0.15, -0.1) is 0 Å². The van der Waals surface area contributed by atoms with Crippen LogP contribution in [-0.4, -0.2) is 30.5 Å². The monoisotopic (exact) mass is 185 g/mol. The molecule has 1 saturated carbocycles. The first-order chi connectivity index (χ1) is 6.22. The third kappa shape index (κ3) is 1.30. The third-order valence-electron chi connectivity index (χ3n) is 3.94. The fraction of sp³-hybridized carbons (Fsp3) is 1.00. The molecule has 0 spiro atoms. The maximum Gasteiger partial charge on any atom is 0.0969 e. The van der Waals surface area contributed by atoms with Crippen LogP contribution >= 0.6 is 0 Å². The second-order valence-electron chi connectivity index (χ2n) is 4.53.